The number of likely N-dealkylation sites (tertiary alicyclic amines) is 1. The number of para-hydroxylation sites is 1. The number of carbonyl (C=O) groups is 2. The molecule has 0 bridgehead atoms. The fourth-order valence-electron chi connectivity index (χ4n) is 4.68. The van der Waals surface area contributed by atoms with Gasteiger partial charge in [-0.25, -0.2) is 4.98 Å². The monoisotopic (exact) mass is 458 g/mol. The van der Waals surface area contributed by atoms with Crippen LogP contribution in [-0.4, -0.2) is 39.4 Å². The number of hydrogen-bond acceptors (Lipinski definition) is 4. The molecule has 7 nitrogen and oxygen atoms in total. The Morgan fingerprint density at radius 1 is 0.941 bits per heavy atom. The third-order valence-electron chi connectivity index (χ3n) is 6.68. The molecule has 1 saturated carbocycles. The summed E-state index contributed by atoms with van der Waals surface area (Å²) in [5, 5.41) is 3.53. The molecule has 1 aliphatic heterocycles. The molecule has 5 rings (SSSR count). The standard InChI is InChI=1S/C27H30N4O3/c32-25(28-20-11-9-19(10-12-20)26(33)30-17-5-1-2-6-18-30)16-15-24-29-23-8-4-3-7-22(23)27(34)31(24)21-13-14-21/h3-4,7-12,21H,1-2,5-6,13-18H2,(H,28,32). The maximum atomic E-state index is 13.0. The Morgan fingerprint density at radius 2 is 1.65 bits per heavy atom. The smallest absolute Gasteiger partial charge is 0.261 e. The molecule has 0 radical (unpaired) electrons. The minimum Gasteiger partial charge on any atom is -0.339 e. The van der Waals surface area contributed by atoms with Gasteiger partial charge < -0.3 is 10.2 Å². The summed E-state index contributed by atoms with van der Waals surface area (Å²) in [6.45, 7) is 1.62. The summed E-state index contributed by atoms with van der Waals surface area (Å²) in [6.07, 6.45) is 7.05. The van der Waals surface area contributed by atoms with Crippen molar-refractivity contribution in [3.05, 3.63) is 70.3 Å². The SMILES string of the molecule is O=C(CCc1nc2ccccc2c(=O)n1C1CC1)Nc1ccc(C(=O)N2CCCCCC2)cc1. The fourth-order valence-corrected chi connectivity index (χ4v) is 4.68. The molecule has 1 N–H and O–H groups in total. The zero-order valence-corrected chi connectivity index (χ0v) is 19.3. The van der Waals surface area contributed by atoms with Crippen molar-refractivity contribution in [2.45, 2.75) is 57.4 Å². The lowest BCUT2D eigenvalue weighted by Crippen LogP contribution is -2.31. The van der Waals surface area contributed by atoms with Gasteiger partial charge in [-0.2, -0.15) is 0 Å². The van der Waals surface area contributed by atoms with Crippen LogP contribution in [-0.2, 0) is 11.2 Å². The Balaban J connectivity index is 1.23. The Morgan fingerprint density at radius 3 is 2.35 bits per heavy atom. The van der Waals surface area contributed by atoms with E-state index in [4.69, 9.17) is 4.98 Å². The highest BCUT2D eigenvalue weighted by molar-refractivity contribution is 5.96. The van der Waals surface area contributed by atoms with Crippen LogP contribution >= 0.6 is 0 Å². The zero-order valence-electron chi connectivity index (χ0n) is 19.3. The van der Waals surface area contributed by atoms with Crippen LogP contribution in [0, 0.1) is 0 Å². The van der Waals surface area contributed by atoms with Gasteiger partial charge in [-0.05, 0) is 62.1 Å². The van der Waals surface area contributed by atoms with Gasteiger partial charge in [-0.15, -0.1) is 0 Å². The molecule has 0 spiro atoms. The quantitative estimate of drug-likeness (QED) is 0.596. The third kappa shape index (κ3) is 4.88. The number of rotatable bonds is 6. The molecular formula is C27H30N4O3. The first-order chi connectivity index (χ1) is 16.6. The normalized spacial score (nSPS) is 16.3. The number of anilines is 1. The molecule has 34 heavy (non-hydrogen) atoms. The Kier molecular flexibility index (Phi) is 6.43. The van der Waals surface area contributed by atoms with Crippen LogP contribution in [0.3, 0.4) is 0 Å². The van der Waals surface area contributed by atoms with Crippen LogP contribution in [0.25, 0.3) is 10.9 Å². The first kappa shape index (κ1) is 22.3. The van der Waals surface area contributed by atoms with E-state index < -0.39 is 0 Å². The van der Waals surface area contributed by atoms with Gasteiger partial charge in [0.2, 0.25) is 5.91 Å². The lowest BCUT2D eigenvalue weighted by atomic mass is 10.1. The molecular weight excluding hydrogens is 428 g/mol. The summed E-state index contributed by atoms with van der Waals surface area (Å²) < 4.78 is 1.78. The van der Waals surface area contributed by atoms with E-state index in [2.05, 4.69) is 5.32 Å². The van der Waals surface area contributed by atoms with Crippen molar-refractivity contribution < 1.29 is 9.59 Å². The van der Waals surface area contributed by atoms with E-state index >= 15 is 0 Å². The summed E-state index contributed by atoms with van der Waals surface area (Å²) in [4.78, 5) is 45.0. The molecule has 1 aromatic heterocycles. The number of aryl methyl sites for hydroxylation is 1. The summed E-state index contributed by atoms with van der Waals surface area (Å²) >= 11 is 0. The van der Waals surface area contributed by atoms with Gasteiger partial charge in [-0.1, -0.05) is 25.0 Å². The van der Waals surface area contributed by atoms with E-state index in [0.717, 1.165) is 38.8 Å². The summed E-state index contributed by atoms with van der Waals surface area (Å²) in [5.74, 6) is 0.580. The van der Waals surface area contributed by atoms with Gasteiger partial charge in [0.15, 0.2) is 0 Å². The number of aromatic nitrogens is 2. The minimum absolute atomic E-state index is 0.0202. The van der Waals surface area contributed by atoms with Crippen molar-refractivity contribution in [1.82, 2.24) is 14.5 Å². The largest absolute Gasteiger partial charge is 0.339 e. The number of nitrogens with zero attached hydrogens (tertiary/aromatic N) is 3. The number of carbonyl (C=O) groups excluding carboxylic acids is 2. The van der Waals surface area contributed by atoms with E-state index in [1.165, 1.54) is 12.8 Å². The van der Waals surface area contributed by atoms with Gasteiger partial charge in [0, 0.05) is 43.2 Å². The van der Waals surface area contributed by atoms with Gasteiger partial charge in [0.05, 0.1) is 10.9 Å². The Labute approximate surface area is 198 Å². The predicted octanol–water partition coefficient (Wildman–Crippen LogP) is 4.32. The second-order valence-corrected chi connectivity index (χ2v) is 9.28. The molecule has 0 atom stereocenters. The van der Waals surface area contributed by atoms with Gasteiger partial charge in [0.25, 0.3) is 11.5 Å². The lowest BCUT2D eigenvalue weighted by molar-refractivity contribution is -0.116. The Bertz CT molecular complexity index is 1250. The first-order valence-electron chi connectivity index (χ1n) is 12.3. The van der Waals surface area contributed by atoms with Gasteiger partial charge >= 0.3 is 0 Å². The van der Waals surface area contributed by atoms with Crippen molar-refractivity contribution >= 4 is 28.4 Å². The number of nitrogens with one attached hydrogen (secondary N) is 1. The molecule has 3 aromatic rings. The maximum absolute atomic E-state index is 13.0. The zero-order chi connectivity index (χ0) is 23.5. The van der Waals surface area contributed by atoms with Crippen LogP contribution < -0.4 is 10.9 Å². The van der Waals surface area contributed by atoms with Crippen molar-refractivity contribution in [1.29, 1.82) is 0 Å². The predicted molar refractivity (Wildman–Crippen MR) is 132 cm³/mol. The highest BCUT2D eigenvalue weighted by Crippen LogP contribution is 2.35. The van der Waals surface area contributed by atoms with Crippen molar-refractivity contribution in [3.8, 4) is 0 Å². The number of hydrogen-bond donors (Lipinski definition) is 1. The van der Waals surface area contributed by atoms with Crippen molar-refractivity contribution in [2.24, 2.45) is 0 Å². The number of amides is 2. The lowest BCUT2D eigenvalue weighted by Gasteiger charge is -2.20. The number of benzene rings is 2. The van der Waals surface area contributed by atoms with Crippen molar-refractivity contribution in [2.75, 3.05) is 18.4 Å². The van der Waals surface area contributed by atoms with Crippen LogP contribution in [0.1, 0.15) is 67.2 Å². The molecule has 0 unspecified atom stereocenters. The van der Waals surface area contributed by atoms with Crippen LogP contribution in [0.4, 0.5) is 5.69 Å². The van der Waals surface area contributed by atoms with Crippen LogP contribution in [0.2, 0.25) is 0 Å². The molecule has 1 aliphatic carbocycles. The molecule has 2 amide bonds. The van der Waals surface area contributed by atoms with E-state index in [-0.39, 0.29) is 29.8 Å². The molecule has 1 saturated heterocycles. The summed E-state index contributed by atoms with van der Waals surface area (Å²) in [7, 11) is 0. The average Bonchev–Trinajstić information content (AvgIpc) is 3.70. The average molecular weight is 459 g/mol. The van der Waals surface area contributed by atoms with Crippen LogP contribution in [0.5, 0.6) is 0 Å². The summed E-state index contributed by atoms with van der Waals surface area (Å²) in [6, 6.07) is 14.7. The second-order valence-electron chi connectivity index (χ2n) is 9.28. The minimum atomic E-state index is -0.142. The van der Waals surface area contributed by atoms with Gasteiger partial charge in [-0.3, -0.25) is 19.0 Å². The van der Waals surface area contributed by atoms with E-state index in [1.54, 1.807) is 34.9 Å². The molecule has 2 aromatic carbocycles. The topological polar surface area (TPSA) is 84.3 Å². The van der Waals surface area contributed by atoms with Crippen LogP contribution in [0.15, 0.2) is 53.3 Å². The van der Waals surface area contributed by atoms with E-state index in [1.807, 2.05) is 23.1 Å². The molecule has 2 aliphatic rings. The fraction of sp³-hybridized carbons (Fsp3) is 0.407. The highest BCUT2D eigenvalue weighted by atomic mass is 16.2. The highest BCUT2D eigenvalue weighted by Gasteiger charge is 2.28. The van der Waals surface area contributed by atoms with E-state index in [0.29, 0.717) is 34.4 Å². The first-order valence-corrected chi connectivity index (χ1v) is 12.3. The third-order valence-corrected chi connectivity index (χ3v) is 6.68. The molecule has 176 valence electrons. The second kappa shape index (κ2) is 9.79. The van der Waals surface area contributed by atoms with Crippen molar-refractivity contribution in [3.63, 3.8) is 0 Å². The number of fused-ring (bicyclic) bond motifs is 1. The summed E-state index contributed by atoms with van der Waals surface area (Å²) in [5.41, 5.74) is 1.95. The molecule has 2 fully saturated rings. The van der Waals surface area contributed by atoms with E-state index in [9.17, 15) is 14.4 Å². The van der Waals surface area contributed by atoms with Gasteiger partial charge in [0.1, 0.15) is 5.82 Å². The maximum Gasteiger partial charge on any atom is 0.261 e. The Hall–Kier alpha value is -3.48. The molecule has 7 heteroatoms. The molecule has 2 heterocycles.